The van der Waals surface area contributed by atoms with E-state index in [1.807, 2.05) is 41.3 Å². The molecular formula is C32H35N5O2. The maximum absolute atomic E-state index is 14.2. The maximum atomic E-state index is 14.2. The molecular weight excluding hydrogens is 486 g/mol. The topological polar surface area (TPSA) is 83.1 Å². The molecule has 1 amide bonds. The van der Waals surface area contributed by atoms with Gasteiger partial charge < -0.3 is 19.4 Å². The molecule has 200 valence electrons. The van der Waals surface area contributed by atoms with Gasteiger partial charge in [0.15, 0.2) is 0 Å². The second-order valence-corrected chi connectivity index (χ2v) is 10.7. The van der Waals surface area contributed by atoms with E-state index in [0.29, 0.717) is 25.2 Å². The van der Waals surface area contributed by atoms with Crippen LogP contribution in [0, 0.1) is 17.2 Å². The number of carbonyl (C=O) groups is 1. The summed E-state index contributed by atoms with van der Waals surface area (Å²) in [6, 6.07) is 12.0. The predicted molar refractivity (Wildman–Crippen MR) is 154 cm³/mol. The number of aromatic nitrogens is 2. The lowest BCUT2D eigenvalue weighted by molar-refractivity contribution is -0.138. The van der Waals surface area contributed by atoms with E-state index in [1.54, 1.807) is 30.0 Å². The largest absolute Gasteiger partial charge is 0.343 e. The molecule has 1 aromatic carbocycles. The third kappa shape index (κ3) is 5.52. The quantitative estimate of drug-likeness (QED) is 0.423. The van der Waals surface area contributed by atoms with E-state index in [1.165, 1.54) is 0 Å². The van der Waals surface area contributed by atoms with Crippen LogP contribution in [0.25, 0.3) is 10.9 Å². The summed E-state index contributed by atoms with van der Waals surface area (Å²) in [4.78, 5) is 28.6. The molecule has 2 atom stereocenters. The molecule has 2 fully saturated rings. The Kier molecular flexibility index (Phi) is 7.67. The van der Waals surface area contributed by atoms with Gasteiger partial charge in [-0.2, -0.15) is 5.26 Å². The summed E-state index contributed by atoms with van der Waals surface area (Å²) in [5, 5.41) is 14.2. The van der Waals surface area contributed by atoms with Gasteiger partial charge in [-0.3, -0.25) is 9.59 Å². The Labute approximate surface area is 229 Å². The van der Waals surface area contributed by atoms with Crippen molar-refractivity contribution in [1.29, 1.82) is 5.26 Å². The third-order valence-corrected chi connectivity index (χ3v) is 7.91. The van der Waals surface area contributed by atoms with Gasteiger partial charge >= 0.3 is 0 Å². The first-order valence-corrected chi connectivity index (χ1v) is 13.6. The van der Waals surface area contributed by atoms with Crippen molar-refractivity contribution in [2.45, 2.75) is 44.3 Å². The molecule has 2 aliphatic rings. The average Bonchev–Trinajstić information content (AvgIpc) is 3.74. The minimum absolute atomic E-state index is 0.00937. The highest BCUT2D eigenvalue weighted by Crippen LogP contribution is 2.37. The summed E-state index contributed by atoms with van der Waals surface area (Å²) in [5.41, 5.74) is 4.32. The molecule has 3 heterocycles. The van der Waals surface area contributed by atoms with Gasteiger partial charge in [0, 0.05) is 62.1 Å². The van der Waals surface area contributed by atoms with Gasteiger partial charge in [0.1, 0.15) is 0 Å². The zero-order valence-electron chi connectivity index (χ0n) is 22.5. The molecule has 1 N–H and O–H groups in total. The summed E-state index contributed by atoms with van der Waals surface area (Å²) >= 11 is 0. The lowest BCUT2D eigenvalue weighted by Gasteiger charge is -2.35. The fourth-order valence-corrected chi connectivity index (χ4v) is 5.74. The van der Waals surface area contributed by atoms with Gasteiger partial charge in [0.05, 0.1) is 17.6 Å². The van der Waals surface area contributed by atoms with E-state index in [4.69, 9.17) is 0 Å². The number of allylic oxidation sites excluding steroid dienone is 4. The number of hydrogen-bond acceptors (Lipinski definition) is 4. The van der Waals surface area contributed by atoms with E-state index in [0.717, 1.165) is 53.4 Å². The Bertz CT molecular complexity index is 1550. The average molecular weight is 522 g/mol. The van der Waals surface area contributed by atoms with Gasteiger partial charge in [-0.1, -0.05) is 37.5 Å². The molecule has 7 heteroatoms. The van der Waals surface area contributed by atoms with Crippen molar-refractivity contribution < 1.29 is 4.79 Å². The monoisotopic (exact) mass is 521 g/mol. The molecule has 1 saturated carbocycles. The van der Waals surface area contributed by atoms with Crippen molar-refractivity contribution in [3.05, 3.63) is 107 Å². The smallest absolute Gasteiger partial charge is 0.250 e. The van der Waals surface area contributed by atoms with Crippen LogP contribution in [0.1, 0.15) is 41.9 Å². The number of benzene rings is 1. The number of hydrogen-bond donors (Lipinski definition) is 1. The molecule has 1 unspecified atom stereocenters. The lowest BCUT2D eigenvalue weighted by Crippen LogP contribution is -2.47. The minimum atomic E-state index is -0.251. The lowest BCUT2D eigenvalue weighted by atomic mass is 9.80. The molecule has 1 aliphatic heterocycles. The van der Waals surface area contributed by atoms with E-state index in [9.17, 15) is 14.9 Å². The number of nitrogens with zero attached hydrogens (tertiary/aromatic N) is 4. The highest BCUT2D eigenvalue weighted by atomic mass is 16.2. The van der Waals surface area contributed by atoms with Crippen LogP contribution in [0.2, 0.25) is 0 Å². The number of carbonyl (C=O) groups excluding carboxylic acids is 1. The summed E-state index contributed by atoms with van der Waals surface area (Å²) in [6.07, 6.45) is 12.1. The zero-order chi connectivity index (χ0) is 27.5. The Morgan fingerprint density at radius 2 is 2.10 bits per heavy atom. The SMILES string of the molecule is C=C/C=C\C(=C)Cn1cc(CN(C(=O)C2CNCC[C@@H]2c2ccn(C)c(=O)c2)C2CC2)c2c(C#N)cccc21. The fourth-order valence-electron chi connectivity index (χ4n) is 5.74. The summed E-state index contributed by atoms with van der Waals surface area (Å²) in [6.45, 7) is 10.3. The summed E-state index contributed by atoms with van der Waals surface area (Å²) in [7, 11) is 1.74. The normalized spacial score (nSPS) is 19.2. The van der Waals surface area contributed by atoms with Crippen LogP contribution in [0.4, 0.5) is 0 Å². The van der Waals surface area contributed by atoms with Gasteiger partial charge in [0.25, 0.3) is 5.56 Å². The number of piperidine rings is 1. The first-order chi connectivity index (χ1) is 18.9. The van der Waals surface area contributed by atoms with Gasteiger partial charge in [-0.05, 0) is 66.6 Å². The fraction of sp³-hybridized carbons (Fsp3) is 0.344. The molecule has 1 aliphatic carbocycles. The summed E-state index contributed by atoms with van der Waals surface area (Å²) in [5.74, 6) is -0.145. The van der Waals surface area contributed by atoms with Gasteiger partial charge in [-0.25, -0.2) is 0 Å². The van der Waals surface area contributed by atoms with Crippen molar-refractivity contribution in [3.8, 4) is 6.07 Å². The number of rotatable bonds is 9. The number of aryl methyl sites for hydroxylation is 1. The van der Waals surface area contributed by atoms with E-state index in [-0.39, 0.29) is 29.3 Å². The Hall–Kier alpha value is -4.15. The van der Waals surface area contributed by atoms with Crippen molar-refractivity contribution in [2.75, 3.05) is 13.1 Å². The van der Waals surface area contributed by atoms with Crippen molar-refractivity contribution in [2.24, 2.45) is 13.0 Å². The molecule has 1 saturated heterocycles. The summed E-state index contributed by atoms with van der Waals surface area (Å²) < 4.78 is 3.67. The maximum Gasteiger partial charge on any atom is 0.250 e. The Balaban J connectivity index is 1.49. The molecule has 39 heavy (non-hydrogen) atoms. The van der Waals surface area contributed by atoms with Crippen molar-refractivity contribution in [3.63, 3.8) is 0 Å². The van der Waals surface area contributed by atoms with Crippen LogP contribution in [0.15, 0.2) is 84.5 Å². The minimum Gasteiger partial charge on any atom is -0.343 e. The van der Waals surface area contributed by atoms with Crippen LogP contribution in [0.5, 0.6) is 0 Å². The zero-order valence-corrected chi connectivity index (χ0v) is 22.5. The van der Waals surface area contributed by atoms with Crippen LogP contribution in [-0.4, -0.2) is 39.1 Å². The van der Waals surface area contributed by atoms with E-state index < -0.39 is 0 Å². The third-order valence-electron chi connectivity index (χ3n) is 7.91. The molecule has 5 rings (SSSR count). The standard InChI is InChI=1S/C32H35N5O2/c1-4-5-7-22(2)19-36-20-25(31-24(17-33)8-6-9-29(31)36)21-37(26-10-11-26)32(39)28-18-34-14-12-27(28)23-13-15-35(3)30(38)16-23/h4-9,13,15-16,20,26-28,34H,1-2,10-12,14,18-19,21H2,3H3/b7-5-/t27-,28?/m1/s1. The van der Waals surface area contributed by atoms with Crippen LogP contribution >= 0.6 is 0 Å². The number of pyridine rings is 1. The van der Waals surface area contributed by atoms with Crippen LogP contribution in [-0.2, 0) is 24.9 Å². The first-order valence-electron chi connectivity index (χ1n) is 13.6. The molecule has 3 aromatic rings. The highest BCUT2D eigenvalue weighted by molar-refractivity contribution is 5.90. The molecule has 0 spiro atoms. The first kappa shape index (κ1) is 26.5. The molecule has 2 aromatic heterocycles. The molecule has 0 radical (unpaired) electrons. The van der Waals surface area contributed by atoms with Crippen molar-refractivity contribution >= 4 is 16.8 Å². The number of amides is 1. The van der Waals surface area contributed by atoms with Crippen LogP contribution in [0.3, 0.4) is 0 Å². The van der Waals surface area contributed by atoms with Crippen molar-refractivity contribution in [1.82, 2.24) is 19.4 Å². The van der Waals surface area contributed by atoms with E-state index in [2.05, 4.69) is 35.3 Å². The van der Waals surface area contributed by atoms with Crippen LogP contribution < -0.4 is 10.9 Å². The number of nitrogens with one attached hydrogen (secondary N) is 1. The molecule has 7 nitrogen and oxygen atoms in total. The second kappa shape index (κ2) is 11.3. The predicted octanol–water partition coefficient (Wildman–Crippen LogP) is 4.39. The van der Waals surface area contributed by atoms with Gasteiger partial charge in [-0.15, -0.1) is 0 Å². The number of fused-ring (bicyclic) bond motifs is 1. The Morgan fingerprint density at radius 3 is 2.82 bits per heavy atom. The van der Waals surface area contributed by atoms with E-state index >= 15 is 0 Å². The second-order valence-electron chi connectivity index (χ2n) is 10.7. The molecule has 0 bridgehead atoms. The Morgan fingerprint density at radius 1 is 1.28 bits per heavy atom. The number of nitriles is 1. The highest BCUT2D eigenvalue weighted by Gasteiger charge is 2.40. The van der Waals surface area contributed by atoms with Gasteiger partial charge in [0.2, 0.25) is 5.91 Å².